The van der Waals surface area contributed by atoms with Crippen LogP contribution in [0, 0.1) is 0 Å². The number of hydrogen-bond donors (Lipinski definition) is 0. The second-order valence-corrected chi connectivity index (χ2v) is 7.06. The fourth-order valence-corrected chi connectivity index (χ4v) is 3.84. The Bertz CT molecular complexity index is 1380. The molecule has 0 saturated heterocycles. The van der Waals surface area contributed by atoms with Crippen molar-refractivity contribution < 1.29 is 8.94 Å². The number of rotatable bonds is 6. The molecule has 1 aromatic carbocycles. The molecule has 0 aliphatic rings. The Labute approximate surface area is 167 Å². The topological polar surface area (TPSA) is 104 Å². The summed E-state index contributed by atoms with van der Waals surface area (Å²) >= 11 is 1.39. The second-order valence-electron chi connectivity index (χ2n) is 6.12. The predicted molar refractivity (Wildman–Crippen MR) is 107 cm³/mol. The Hall–Kier alpha value is -3.66. The molecule has 4 heterocycles. The van der Waals surface area contributed by atoms with Gasteiger partial charge in [-0.2, -0.15) is 4.98 Å². The minimum Gasteiger partial charge on any atom is -0.461 e. The van der Waals surface area contributed by atoms with Gasteiger partial charge in [-0.25, -0.2) is 0 Å². The lowest BCUT2D eigenvalue weighted by molar-refractivity contribution is 0.390. The number of thioether (sulfide) groups is 1. The number of furan rings is 1. The summed E-state index contributed by atoms with van der Waals surface area (Å²) in [7, 11) is 0. The summed E-state index contributed by atoms with van der Waals surface area (Å²) < 4.78 is 14.0. The summed E-state index contributed by atoms with van der Waals surface area (Å²) in [6.45, 7) is 4.07. The summed E-state index contributed by atoms with van der Waals surface area (Å²) in [5, 5.41) is 13.6. The average molecular weight is 406 g/mol. The standard InChI is InChI=1S/C19H14N6O3S/c1-2-9-24-17(26)12-6-3-4-7-13(12)25-18(24)21-22-19(25)29-11-15-20-16(23-28-15)14-8-5-10-27-14/h2-8,10H,1,9,11H2. The van der Waals surface area contributed by atoms with E-state index in [2.05, 4.69) is 26.9 Å². The summed E-state index contributed by atoms with van der Waals surface area (Å²) in [5.41, 5.74) is 0.610. The van der Waals surface area contributed by atoms with Crippen molar-refractivity contribution in [2.45, 2.75) is 17.5 Å². The third-order valence-corrected chi connectivity index (χ3v) is 5.24. The van der Waals surface area contributed by atoms with E-state index in [-0.39, 0.29) is 5.56 Å². The Morgan fingerprint density at radius 3 is 2.90 bits per heavy atom. The van der Waals surface area contributed by atoms with Crippen LogP contribution >= 0.6 is 11.8 Å². The van der Waals surface area contributed by atoms with Crippen LogP contribution in [-0.4, -0.2) is 29.3 Å². The lowest BCUT2D eigenvalue weighted by Crippen LogP contribution is -2.22. The highest BCUT2D eigenvalue weighted by Gasteiger charge is 2.18. The quantitative estimate of drug-likeness (QED) is 0.313. The Morgan fingerprint density at radius 1 is 1.17 bits per heavy atom. The van der Waals surface area contributed by atoms with Crippen LogP contribution in [0.1, 0.15) is 5.89 Å². The lowest BCUT2D eigenvalue weighted by atomic mass is 10.2. The second kappa shape index (κ2) is 7.06. The van der Waals surface area contributed by atoms with E-state index >= 15 is 0 Å². The van der Waals surface area contributed by atoms with E-state index in [1.54, 1.807) is 35.1 Å². The first-order chi connectivity index (χ1) is 14.3. The van der Waals surface area contributed by atoms with Crippen LogP contribution in [0.5, 0.6) is 0 Å². The molecule has 4 aromatic heterocycles. The van der Waals surface area contributed by atoms with Crippen LogP contribution in [0.15, 0.2) is 74.2 Å². The normalized spacial score (nSPS) is 11.4. The van der Waals surface area contributed by atoms with Crippen molar-refractivity contribution in [2.24, 2.45) is 0 Å². The molecule has 5 aromatic rings. The van der Waals surface area contributed by atoms with E-state index in [4.69, 9.17) is 8.94 Å². The first kappa shape index (κ1) is 17.4. The average Bonchev–Trinajstić information content (AvgIpc) is 3.50. The highest BCUT2D eigenvalue weighted by Crippen LogP contribution is 2.25. The summed E-state index contributed by atoms with van der Waals surface area (Å²) in [6, 6.07) is 10.9. The monoisotopic (exact) mass is 406 g/mol. The van der Waals surface area contributed by atoms with Gasteiger partial charge in [0, 0.05) is 6.54 Å². The van der Waals surface area contributed by atoms with Gasteiger partial charge in [-0.05, 0) is 24.3 Å². The molecule has 0 fully saturated rings. The predicted octanol–water partition coefficient (Wildman–Crippen LogP) is 3.17. The van der Waals surface area contributed by atoms with Gasteiger partial charge in [0.2, 0.25) is 17.5 Å². The smallest absolute Gasteiger partial charge is 0.263 e. The molecular weight excluding hydrogens is 392 g/mol. The number of para-hydroxylation sites is 1. The van der Waals surface area contributed by atoms with E-state index < -0.39 is 0 Å². The molecule has 0 spiro atoms. The number of fused-ring (bicyclic) bond motifs is 3. The van der Waals surface area contributed by atoms with Gasteiger partial charge in [-0.1, -0.05) is 35.1 Å². The highest BCUT2D eigenvalue weighted by molar-refractivity contribution is 7.98. The van der Waals surface area contributed by atoms with Gasteiger partial charge >= 0.3 is 0 Å². The van der Waals surface area contributed by atoms with Gasteiger partial charge in [0.25, 0.3) is 5.56 Å². The van der Waals surface area contributed by atoms with Crippen LogP contribution < -0.4 is 5.56 Å². The van der Waals surface area contributed by atoms with Crippen LogP contribution in [0.25, 0.3) is 28.3 Å². The third-order valence-electron chi connectivity index (χ3n) is 4.32. The fourth-order valence-electron chi connectivity index (χ4n) is 3.07. The highest BCUT2D eigenvalue weighted by atomic mass is 32.2. The van der Waals surface area contributed by atoms with Gasteiger partial charge < -0.3 is 8.94 Å². The maximum atomic E-state index is 12.8. The van der Waals surface area contributed by atoms with E-state index in [0.29, 0.717) is 46.1 Å². The molecule has 0 N–H and O–H groups in total. The number of nitrogens with zero attached hydrogens (tertiary/aromatic N) is 6. The largest absolute Gasteiger partial charge is 0.461 e. The van der Waals surface area contributed by atoms with Crippen molar-refractivity contribution in [2.75, 3.05) is 0 Å². The van der Waals surface area contributed by atoms with Gasteiger partial charge in [0.15, 0.2) is 10.9 Å². The van der Waals surface area contributed by atoms with Crippen LogP contribution in [-0.2, 0) is 12.3 Å². The molecule has 0 aliphatic carbocycles. The molecule has 0 amide bonds. The Kier molecular flexibility index (Phi) is 4.24. The zero-order chi connectivity index (χ0) is 19.8. The first-order valence-electron chi connectivity index (χ1n) is 8.73. The Morgan fingerprint density at radius 2 is 2.07 bits per heavy atom. The third kappa shape index (κ3) is 2.93. The van der Waals surface area contributed by atoms with Gasteiger partial charge in [0.05, 0.1) is 22.9 Å². The molecule has 9 nitrogen and oxygen atoms in total. The SMILES string of the molecule is C=CCn1c(=O)c2ccccc2n2c(SCc3nc(-c4ccco4)no3)nnc12. The first-order valence-corrected chi connectivity index (χ1v) is 9.71. The fraction of sp³-hybridized carbons (Fsp3) is 0.105. The van der Waals surface area contributed by atoms with Crippen LogP contribution in [0.2, 0.25) is 0 Å². The molecule has 0 radical (unpaired) electrons. The lowest BCUT2D eigenvalue weighted by Gasteiger charge is -2.09. The maximum Gasteiger partial charge on any atom is 0.263 e. The summed E-state index contributed by atoms with van der Waals surface area (Å²) in [4.78, 5) is 17.2. The van der Waals surface area contributed by atoms with Gasteiger partial charge in [-0.3, -0.25) is 13.8 Å². The van der Waals surface area contributed by atoms with Crippen LogP contribution in [0.4, 0.5) is 0 Å². The minimum atomic E-state index is -0.128. The van der Waals surface area contributed by atoms with Gasteiger partial charge in [-0.15, -0.1) is 16.8 Å². The molecule has 0 atom stereocenters. The van der Waals surface area contributed by atoms with Crippen molar-refractivity contribution in [1.29, 1.82) is 0 Å². The number of hydrogen-bond acceptors (Lipinski definition) is 8. The number of aromatic nitrogens is 6. The minimum absolute atomic E-state index is 0.128. The van der Waals surface area contributed by atoms with Crippen LogP contribution in [0.3, 0.4) is 0 Å². The van der Waals surface area contributed by atoms with E-state index in [1.807, 2.05) is 22.6 Å². The molecule has 0 saturated carbocycles. The van der Waals surface area contributed by atoms with Crippen molar-refractivity contribution in [3.05, 3.63) is 71.6 Å². The van der Waals surface area contributed by atoms with E-state index in [9.17, 15) is 4.79 Å². The zero-order valence-corrected chi connectivity index (χ0v) is 15.9. The van der Waals surface area contributed by atoms with Crippen molar-refractivity contribution in [3.63, 3.8) is 0 Å². The molecule has 29 heavy (non-hydrogen) atoms. The Balaban J connectivity index is 1.54. The molecule has 10 heteroatoms. The number of allylic oxidation sites excluding steroid dienone is 1. The summed E-state index contributed by atoms with van der Waals surface area (Å²) in [5.74, 6) is 2.21. The van der Waals surface area contributed by atoms with E-state index in [1.165, 1.54) is 11.8 Å². The van der Waals surface area contributed by atoms with E-state index in [0.717, 1.165) is 5.52 Å². The number of benzene rings is 1. The van der Waals surface area contributed by atoms with Crippen molar-refractivity contribution >= 4 is 28.4 Å². The zero-order valence-electron chi connectivity index (χ0n) is 15.1. The molecular formula is C19H14N6O3S. The van der Waals surface area contributed by atoms with Gasteiger partial charge in [0.1, 0.15) is 0 Å². The van der Waals surface area contributed by atoms with Crippen molar-refractivity contribution in [1.82, 2.24) is 29.3 Å². The maximum absolute atomic E-state index is 12.8. The molecule has 0 unspecified atom stereocenters. The van der Waals surface area contributed by atoms with Crippen molar-refractivity contribution in [3.8, 4) is 11.6 Å². The molecule has 144 valence electrons. The molecule has 5 rings (SSSR count). The summed E-state index contributed by atoms with van der Waals surface area (Å²) in [6.07, 6.45) is 3.21. The molecule has 0 bridgehead atoms. The molecule has 0 aliphatic heterocycles.